The van der Waals surface area contributed by atoms with Crippen molar-refractivity contribution in [1.29, 1.82) is 0 Å². The van der Waals surface area contributed by atoms with E-state index >= 15 is 0 Å². The molecule has 8 nitrogen and oxygen atoms in total. The Morgan fingerprint density at radius 3 is 2.39 bits per heavy atom. The van der Waals surface area contributed by atoms with Gasteiger partial charge in [-0.05, 0) is 80.9 Å². The van der Waals surface area contributed by atoms with Crippen LogP contribution in [0.1, 0.15) is 23.2 Å². The van der Waals surface area contributed by atoms with E-state index in [-0.39, 0.29) is 16.5 Å². The second-order valence-electron chi connectivity index (χ2n) is 10.7. The summed E-state index contributed by atoms with van der Waals surface area (Å²) < 4.78 is 34.9. The van der Waals surface area contributed by atoms with Crippen molar-refractivity contribution in [3.8, 4) is 11.5 Å². The molecule has 0 radical (unpaired) electrons. The summed E-state index contributed by atoms with van der Waals surface area (Å²) in [4.78, 5) is 19.9. The summed E-state index contributed by atoms with van der Waals surface area (Å²) >= 11 is 12.1. The summed E-state index contributed by atoms with van der Waals surface area (Å²) in [6.45, 7) is 6.43. The summed E-state index contributed by atoms with van der Waals surface area (Å²) in [5.41, 5.74) is 0.728. The monoisotopic (exact) mass is 616 g/mol. The number of carbonyl (C=O) groups is 1. The van der Waals surface area contributed by atoms with Gasteiger partial charge in [-0.15, -0.1) is 0 Å². The highest BCUT2D eigenvalue weighted by Crippen LogP contribution is 2.34. The molecule has 3 aromatic carbocycles. The summed E-state index contributed by atoms with van der Waals surface area (Å²) in [5, 5.41) is 0.714. The number of nitrogens with one attached hydrogen (secondary N) is 1. The SMILES string of the molecule is CN1CCCC(CN2CCN(C(=O)c3ccc(S(=O)(=O)Nc4ccccc4Oc4ccc(Cl)c(Cl)c4)cc3)CC2)C1. The highest BCUT2D eigenvalue weighted by molar-refractivity contribution is 7.92. The molecule has 2 saturated heterocycles. The van der Waals surface area contributed by atoms with Crippen LogP contribution in [0.5, 0.6) is 11.5 Å². The second-order valence-corrected chi connectivity index (χ2v) is 13.2. The number of rotatable bonds is 8. The van der Waals surface area contributed by atoms with Crippen molar-refractivity contribution in [2.75, 3.05) is 57.6 Å². The summed E-state index contributed by atoms with van der Waals surface area (Å²) in [6, 6.07) is 17.5. The Morgan fingerprint density at radius 2 is 1.68 bits per heavy atom. The van der Waals surface area contributed by atoms with Crippen molar-refractivity contribution < 1.29 is 17.9 Å². The minimum absolute atomic E-state index is 0.0423. The van der Waals surface area contributed by atoms with Crippen molar-refractivity contribution in [3.63, 3.8) is 0 Å². The summed E-state index contributed by atoms with van der Waals surface area (Å²) in [6.07, 6.45) is 2.52. The lowest BCUT2D eigenvalue weighted by Gasteiger charge is -2.38. The van der Waals surface area contributed by atoms with E-state index in [2.05, 4.69) is 21.6 Å². The lowest BCUT2D eigenvalue weighted by atomic mass is 9.97. The highest BCUT2D eigenvalue weighted by atomic mass is 35.5. The molecule has 1 amide bonds. The third kappa shape index (κ3) is 7.53. The van der Waals surface area contributed by atoms with Crippen LogP contribution in [0.15, 0.2) is 71.6 Å². The molecule has 0 aromatic heterocycles. The minimum atomic E-state index is -3.95. The predicted octanol–water partition coefficient (Wildman–Crippen LogP) is 5.69. The zero-order chi connectivity index (χ0) is 29.0. The number of hydrogen-bond acceptors (Lipinski definition) is 6. The number of anilines is 1. The van der Waals surface area contributed by atoms with Crippen LogP contribution in [0.25, 0.3) is 0 Å². The Kier molecular flexibility index (Phi) is 9.41. The molecule has 2 heterocycles. The van der Waals surface area contributed by atoms with E-state index < -0.39 is 10.0 Å². The number of piperidine rings is 1. The minimum Gasteiger partial charge on any atom is -0.455 e. The normalized spacial score (nSPS) is 18.7. The molecule has 2 aliphatic heterocycles. The fourth-order valence-electron chi connectivity index (χ4n) is 5.39. The first kappa shape index (κ1) is 29.7. The lowest BCUT2D eigenvalue weighted by molar-refractivity contribution is 0.0588. The Labute approximate surface area is 251 Å². The molecular weight excluding hydrogens is 583 g/mol. The molecule has 3 aromatic rings. The molecule has 1 unspecified atom stereocenters. The van der Waals surface area contributed by atoms with Gasteiger partial charge in [-0.1, -0.05) is 35.3 Å². The number of carbonyl (C=O) groups excluding carboxylic acids is 1. The molecule has 2 aliphatic rings. The zero-order valence-corrected chi connectivity index (χ0v) is 25.3. The number of hydrogen-bond donors (Lipinski definition) is 1. The van der Waals surface area contributed by atoms with Gasteiger partial charge in [0.1, 0.15) is 5.75 Å². The molecule has 0 spiro atoms. The van der Waals surface area contributed by atoms with Crippen LogP contribution in [0.3, 0.4) is 0 Å². The summed E-state index contributed by atoms with van der Waals surface area (Å²) in [5.74, 6) is 1.32. The van der Waals surface area contributed by atoms with Gasteiger partial charge in [-0.25, -0.2) is 8.42 Å². The number of piperazine rings is 1. The van der Waals surface area contributed by atoms with Gasteiger partial charge in [-0.3, -0.25) is 14.4 Å². The maximum Gasteiger partial charge on any atom is 0.262 e. The average Bonchev–Trinajstić information content (AvgIpc) is 2.96. The molecule has 5 rings (SSSR count). The van der Waals surface area contributed by atoms with Crippen molar-refractivity contribution in [3.05, 3.63) is 82.3 Å². The number of benzene rings is 3. The van der Waals surface area contributed by atoms with Gasteiger partial charge in [0.05, 0.1) is 20.6 Å². The van der Waals surface area contributed by atoms with Crippen molar-refractivity contribution in [1.82, 2.24) is 14.7 Å². The van der Waals surface area contributed by atoms with E-state index in [1.54, 1.807) is 54.6 Å². The molecule has 11 heteroatoms. The molecular formula is C30H34Cl2N4O4S. The maximum absolute atomic E-state index is 13.2. The molecule has 0 bridgehead atoms. The first-order chi connectivity index (χ1) is 19.7. The standard InChI is InChI=1S/C30H34Cl2N4O4S/c1-34-14-4-5-22(20-34)21-35-15-17-36(18-16-35)30(37)23-8-11-25(12-9-23)41(38,39)33-28-6-2-3-7-29(28)40-24-10-13-26(31)27(32)19-24/h2-3,6-13,19,22,33H,4-5,14-18,20-21H2,1H3. The Balaban J connectivity index is 1.19. The third-order valence-corrected chi connectivity index (χ3v) is 9.68. The summed E-state index contributed by atoms with van der Waals surface area (Å²) in [7, 11) is -1.77. The van der Waals surface area contributed by atoms with Gasteiger partial charge in [0.15, 0.2) is 5.75 Å². The average molecular weight is 618 g/mol. The van der Waals surface area contributed by atoms with Crippen LogP contribution in [-0.4, -0.2) is 81.9 Å². The van der Waals surface area contributed by atoms with Crippen LogP contribution >= 0.6 is 23.2 Å². The predicted molar refractivity (Wildman–Crippen MR) is 163 cm³/mol. The molecule has 218 valence electrons. The Morgan fingerprint density at radius 1 is 0.951 bits per heavy atom. The van der Waals surface area contributed by atoms with Crippen molar-refractivity contribution in [2.24, 2.45) is 5.92 Å². The number of likely N-dealkylation sites (tertiary alicyclic amines) is 1. The molecule has 0 aliphatic carbocycles. The second kappa shape index (κ2) is 13.0. The van der Waals surface area contributed by atoms with Crippen LogP contribution in [0, 0.1) is 5.92 Å². The number of sulfonamides is 1. The van der Waals surface area contributed by atoms with Gasteiger partial charge in [-0.2, -0.15) is 0 Å². The van der Waals surface area contributed by atoms with E-state index in [1.165, 1.54) is 31.5 Å². The smallest absolute Gasteiger partial charge is 0.262 e. The molecule has 2 fully saturated rings. The number of halogens is 2. The van der Waals surface area contributed by atoms with Gasteiger partial charge in [0.2, 0.25) is 0 Å². The fraction of sp³-hybridized carbons (Fsp3) is 0.367. The van der Waals surface area contributed by atoms with Crippen LogP contribution < -0.4 is 9.46 Å². The Bertz CT molecular complexity index is 1480. The van der Waals surface area contributed by atoms with Crippen LogP contribution in [0.2, 0.25) is 10.0 Å². The molecule has 41 heavy (non-hydrogen) atoms. The lowest BCUT2D eigenvalue weighted by Crippen LogP contribution is -2.50. The van der Waals surface area contributed by atoms with Gasteiger partial charge < -0.3 is 14.5 Å². The first-order valence-corrected chi connectivity index (χ1v) is 16.0. The number of nitrogens with zero attached hydrogens (tertiary/aromatic N) is 3. The van der Waals surface area contributed by atoms with E-state index in [4.69, 9.17) is 27.9 Å². The third-order valence-electron chi connectivity index (χ3n) is 7.56. The van der Waals surface area contributed by atoms with E-state index in [1.807, 2.05) is 4.90 Å². The van der Waals surface area contributed by atoms with E-state index in [9.17, 15) is 13.2 Å². The van der Waals surface area contributed by atoms with Crippen molar-refractivity contribution >= 4 is 44.8 Å². The molecule has 1 atom stereocenters. The van der Waals surface area contributed by atoms with Gasteiger partial charge in [0, 0.05) is 50.9 Å². The maximum atomic E-state index is 13.2. The van der Waals surface area contributed by atoms with Gasteiger partial charge in [0.25, 0.3) is 15.9 Å². The van der Waals surface area contributed by atoms with Gasteiger partial charge >= 0.3 is 0 Å². The number of para-hydroxylation sites is 2. The zero-order valence-electron chi connectivity index (χ0n) is 22.9. The van der Waals surface area contributed by atoms with E-state index in [0.717, 1.165) is 26.2 Å². The topological polar surface area (TPSA) is 82.2 Å². The number of ether oxygens (including phenoxy) is 1. The fourth-order valence-corrected chi connectivity index (χ4v) is 6.75. The highest BCUT2D eigenvalue weighted by Gasteiger charge is 2.26. The first-order valence-electron chi connectivity index (χ1n) is 13.7. The van der Waals surface area contributed by atoms with Crippen LogP contribution in [0.4, 0.5) is 5.69 Å². The van der Waals surface area contributed by atoms with Crippen molar-refractivity contribution in [2.45, 2.75) is 17.7 Å². The Hall–Kier alpha value is -2.82. The quantitative estimate of drug-likeness (QED) is 0.350. The largest absolute Gasteiger partial charge is 0.455 e. The number of amides is 1. The molecule has 0 saturated carbocycles. The molecule has 1 N–H and O–H groups in total. The van der Waals surface area contributed by atoms with Crippen LogP contribution in [-0.2, 0) is 10.0 Å². The van der Waals surface area contributed by atoms with E-state index in [0.29, 0.717) is 46.1 Å².